The second kappa shape index (κ2) is 4.86. The van der Waals surface area contributed by atoms with E-state index in [4.69, 9.17) is 10.5 Å². The average Bonchev–Trinajstić information content (AvgIpc) is 2.35. The molecule has 0 radical (unpaired) electrons. The van der Waals surface area contributed by atoms with E-state index in [0.717, 1.165) is 11.3 Å². The first-order chi connectivity index (χ1) is 8.18. The maximum Gasteiger partial charge on any atom is 0.236 e. The van der Waals surface area contributed by atoms with Crippen molar-refractivity contribution in [2.24, 2.45) is 5.73 Å². The van der Waals surface area contributed by atoms with Crippen molar-refractivity contribution < 1.29 is 14.3 Å². The molecule has 1 aromatic carbocycles. The number of hydrogen-bond acceptors (Lipinski definition) is 3. The Balaban J connectivity index is 2.12. The van der Waals surface area contributed by atoms with E-state index in [1.165, 1.54) is 0 Å². The van der Waals surface area contributed by atoms with Crippen LogP contribution in [0.4, 0.5) is 0 Å². The van der Waals surface area contributed by atoms with E-state index in [-0.39, 0.29) is 18.4 Å². The van der Waals surface area contributed by atoms with Gasteiger partial charge in [0.05, 0.1) is 19.1 Å². The average molecular weight is 234 g/mol. The van der Waals surface area contributed by atoms with Crippen LogP contribution in [0.5, 0.6) is 5.75 Å². The molecule has 0 aliphatic carbocycles. The maximum atomic E-state index is 11.9. The molecule has 0 spiro atoms. The fourth-order valence-corrected chi connectivity index (χ4v) is 1.91. The number of fused-ring (bicyclic) bond motifs is 1. The van der Waals surface area contributed by atoms with Crippen molar-refractivity contribution in [2.75, 3.05) is 13.2 Å². The van der Waals surface area contributed by atoms with Crippen LogP contribution < -0.4 is 15.8 Å². The molecular weight excluding hydrogens is 220 g/mol. The first-order valence-corrected chi connectivity index (χ1v) is 5.46. The van der Waals surface area contributed by atoms with E-state index in [2.05, 4.69) is 5.32 Å². The fourth-order valence-electron chi connectivity index (χ4n) is 1.91. The van der Waals surface area contributed by atoms with Crippen LogP contribution in [0, 0.1) is 0 Å². The van der Waals surface area contributed by atoms with Crippen molar-refractivity contribution in [1.82, 2.24) is 5.32 Å². The number of rotatable bonds is 3. The first-order valence-electron chi connectivity index (χ1n) is 5.46. The lowest BCUT2D eigenvalue weighted by Gasteiger charge is -2.24. The van der Waals surface area contributed by atoms with Crippen molar-refractivity contribution >= 4 is 11.8 Å². The molecule has 0 saturated carbocycles. The summed E-state index contributed by atoms with van der Waals surface area (Å²) in [5.41, 5.74) is 5.85. The molecule has 2 rings (SSSR count). The molecule has 2 amide bonds. The topological polar surface area (TPSA) is 81.4 Å². The smallest absolute Gasteiger partial charge is 0.236 e. The highest BCUT2D eigenvalue weighted by Crippen LogP contribution is 2.33. The lowest BCUT2D eigenvalue weighted by molar-refractivity contribution is -0.126. The highest BCUT2D eigenvalue weighted by Gasteiger charge is 2.27. The van der Waals surface area contributed by atoms with Gasteiger partial charge in [-0.1, -0.05) is 18.2 Å². The van der Waals surface area contributed by atoms with Crippen LogP contribution in [0.15, 0.2) is 24.3 Å². The van der Waals surface area contributed by atoms with Crippen molar-refractivity contribution in [1.29, 1.82) is 0 Å². The molecule has 17 heavy (non-hydrogen) atoms. The number of amides is 2. The van der Waals surface area contributed by atoms with Gasteiger partial charge in [-0.2, -0.15) is 0 Å². The van der Waals surface area contributed by atoms with Crippen molar-refractivity contribution in [3.8, 4) is 5.75 Å². The summed E-state index contributed by atoms with van der Waals surface area (Å²) in [5, 5.41) is 2.52. The monoisotopic (exact) mass is 234 g/mol. The van der Waals surface area contributed by atoms with Crippen LogP contribution in [0.25, 0.3) is 0 Å². The first kappa shape index (κ1) is 11.4. The number of nitrogens with one attached hydrogen (secondary N) is 1. The summed E-state index contributed by atoms with van der Waals surface area (Å²) >= 11 is 0. The van der Waals surface area contributed by atoms with Crippen LogP contribution in [0.1, 0.15) is 17.9 Å². The molecule has 90 valence electrons. The number of hydrogen-bond donors (Lipinski definition) is 2. The van der Waals surface area contributed by atoms with Crippen LogP contribution in [-0.2, 0) is 9.59 Å². The Morgan fingerprint density at radius 3 is 2.94 bits per heavy atom. The Morgan fingerprint density at radius 1 is 1.41 bits per heavy atom. The van der Waals surface area contributed by atoms with Gasteiger partial charge in [-0.05, 0) is 12.5 Å². The van der Waals surface area contributed by atoms with Gasteiger partial charge in [0.15, 0.2) is 0 Å². The molecule has 1 unspecified atom stereocenters. The number of para-hydroxylation sites is 1. The third-order valence-corrected chi connectivity index (χ3v) is 2.71. The zero-order valence-electron chi connectivity index (χ0n) is 9.31. The van der Waals surface area contributed by atoms with Gasteiger partial charge < -0.3 is 15.8 Å². The van der Waals surface area contributed by atoms with E-state index >= 15 is 0 Å². The van der Waals surface area contributed by atoms with Gasteiger partial charge in [0, 0.05) is 5.56 Å². The van der Waals surface area contributed by atoms with Crippen LogP contribution >= 0.6 is 0 Å². The third kappa shape index (κ3) is 2.55. The summed E-state index contributed by atoms with van der Waals surface area (Å²) in [7, 11) is 0. The third-order valence-electron chi connectivity index (χ3n) is 2.71. The predicted octanol–water partition coefficient (Wildman–Crippen LogP) is 0.154. The number of benzene rings is 1. The van der Waals surface area contributed by atoms with E-state index in [1.807, 2.05) is 24.3 Å². The largest absolute Gasteiger partial charge is 0.493 e. The van der Waals surface area contributed by atoms with Gasteiger partial charge in [0.2, 0.25) is 11.8 Å². The summed E-state index contributed by atoms with van der Waals surface area (Å²) < 4.78 is 5.46. The van der Waals surface area contributed by atoms with Gasteiger partial charge >= 0.3 is 0 Å². The normalized spacial score (nSPS) is 17.8. The minimum atomic E-state index is -0.543. The Hall–Kier alpha value is -2.04. The molecule has 1 atom stereocenters. The molecule has 1 aliphatic rings. The second-order valence-corrected chi connectivity index (χ2v) is 3.91. The Kier molecular flexibility index (Phi) is 3.27. The molecule has 0 aromatic heterocycles. The molecule has 0 saturated heterocycles. The van der Waals surface area contributed by atoms with E-state index in [1.54, 1.807) is 0 Å². The predicted molar refractivity (Wildman–Crippen MR) is 61.5 cm³/mol. The SMILES string of the molecule is NC(=O)CNC(=O)C1CCOc2ccccc21. The fraction of sp³-hybridized carbons (Fsp3) is 0.333. The molecule has 1 aromatic rings. The molecular formula is C12H14N2O3. The maximum absolute atomic E-state index is 11.9. The van der Waals surface area contributed by atoms with Crippen LogP contribution in [0.3, 0.4) is 0 Å². The van der Waals surface area contributed by atoms with Gasteiger partial charge in [-0.25, -0.2) is 0 Å². The van der Waals surface area contributed by atoms with E-state index in [0.29, 0.717) is 13.0 Å². The quantitative estimate of drug-likeness (QED) is 0.781. The minimum absolute atomic E-state index is 0.127. The summed E-state index contributed by atoms with van der Waals surface area (Å²) in [6.07, 6.45) is 0.613. The molecule has 3 N–H and O–H groups in total. The number of primary amides is 1. The van der Waals surface area contributed by atoms with Crippen molar-refractivity contribution in [3.05, 3.63) is 29.8 Å². The summed E-state index contributed by atoms with van der Waals surface area (Å²) in [5.74, 6) is -0.254. The number of nitrogens with two attached hydrogens (primary N) is 1. The molecule has 1 aliphatic heterocycles. The van der Waals surface area contributed by atoms with Gasteiger partial charge in [0.25, 0.3) is 0 Å². The van der Waals surface area contributed by atoms with Gasteiger partial charge in [-0.15, -0.1) is 0 Å². The molecule has 0 fully saturated rings. The highest BCUT2D eigenvalue weighted by atomic mass is 16.5. The molecule has 5 heteroatoms. The minimum Gasteiger partial charge on any atom is -0.493 e. The Bertz CT molecular complexity index is 445. The number of carbonyl (C=O) groups excluding carboxylic acids is 2. The highest BCUT2D eigenvalue weighted by molar-refractivity contribution is 5.88. The standard InChI is InChI=1S/C12H14N2O3/c13-11(15)7-14-12(16)9-5-6-17-10-4-2-1-3-8(9)10/h1-4,9H,5-7H2,(H2,13,15)(H,14,16). The zero-order valence-corrected chi connectivity index (χ0v) is 9.31. The summed E-state index contributed by atoms with van der Waals surface area (Å²) in [6, 6.07) is 7.43. The van der Waals surface area contributed by atoms with Crippen molar-refractivity contribution in [3.63, 3.8) is 0 Å². The van der Waals surface area contributed by atoms with Crippen LogP contribution in [0.2, 0.25) is 0 Å². The molecule has 5 nitrogen and oxygen atoms in total. The second-order valence-electron chi connectivity index (χ2n) is 3.91. The molecule has 1 heterocycles. The number of ether oxygens (including phenoxy) is 1. The van der Waals surface area contributed by atoms with E-state index in [9.17, 15) is 9.59 Å². The van der Waals surface area contributed by atoms with Crippen molar-refractivity contribution in [2.45, 2.75) is 12.3 Å². The Labute approximate surface area is 98.9 Å². The van der Waals surface area contributed by atoms with Crippen LogP contribution in [-0.4, -0.2) is 25.0 Å². The summed E-state index contributed by atoms with van der Waals surface area (Å²) in [6.45, 7) is 0.379. The molecule has 0 bridgehead atoms. The Morgan fingerprint density at radius 2 is 2.18 bits per heavy atom. The van der Waals surface area contributed by atoms with Gasteiger partial charge in [-0.3, -0.25) is 9.59 Å². The van der Waals surface area contributed by atoms with E-state index < -0.39 is 5.91 Å². The summed E-state index contributed by atoms with van der Waals surface area (Å²) in [4.78, 5) is 22.5. The zero-order chi connectivity index (χ0) is 12.3. The lowest BCUT2D eigenvalue weighted by Crippen LogP contribution is -2.37. The number of carbonyl (C=O) groups is 2. The lowest BCUT2D eigenvalue weighted by atomic mass is 9.92. The van der Waals surface area contributed by atoms with Gasteiger partial charge in [0.1, 0.15) is 5.75 Å².